The van der Waals surface area contributed by atoms with E-state index in [-0.39, 0.29) is 51.7 Å². The summed E-state index contributed by atoms with van der Waals surface area (Å²) >= 11 is 3.06. The molecule has 1 aromatic carbocycles. The van der Waals surface area contributed by atoms with Gasteiger partial charge in [-0.05, 0) is 89.8 Å². The van der Waals surface area contributed by atoms with Crippen molar-refractivity contribution in [1.29, 1.82) is 0 Å². The number of fused-ring (bicyclic) bond motifs is 2. The van der Waals surface area contributed by atoms with E-state index in [9.17, 15) is 23.9 Å². The van der Waals surface area contributed by atoms with Crippen LogP contribution in [0.3, 0.4) is 0 Å². The van der Waals surface area contributed by atoms with Crippen molar-refractivity contribution in [1.82, 2.24) is 29.6 Å². The van der Waals surface area contributed by atoms with Gasteiger partial charge in [0.1, 0.15) is 34.8 Å². The number of piperidine rings is 1. The monoisotopic (exact) mass is 663 g/mol. The van der Waals surface area contributed by atoms with Crippen LogP contribution in [0, 0.1) is 25.1 Å². The number of ketones is 1. The highest BCUT2D eigenvalue weighted by atomic mass is 79.9. The first-order valence-electron chi connectivity index (χ1n) is 14.2. The number of aliphatic hydroxyl groups is 1. The van der Waals surface area contributed by atoms with Crippen LogP contribution in [0.2, 0.25) is 0 Å². The molecule has 2 aliphatic rings. The maximum absolute atomic E-state index is 13.9. The van der Waals surface area contributed by atoms with Crippen molar-refractivity contribution >= 4 is 50.2 Å². The molecule has 0 bridgehead atoms. The van der Waals surface area contributed by atoms with Gasteiger partial charge in [-0.1, -0.05) is 6.92 Å². The lowest BCUT2D eigenvalue weighted by molar-refractivity contribution is -0.138. The molecule has 1 saturated carbocycles. The van der Waals surface area contributed by atoms with Crippen LogP contribution in [0.15, 0.2) is 35.2 Å². The molecule has 0 spiro atoms. The number of hydrogen-bond donors (Lipinski definition) is 2. The van der Waals surface area contributed by atoms with Gasteiger partial charge >= 0.3 is 0 Å². The quantitative estimate of drug-likeness (QED) is 0.214. The number of halogens is 2. The van der Waals surface area contributed by atoms with E-state index in [2.05, 4.69) is 48.2 Å². The summed E-state index contributed by atoms with van der Waals surface area (Å²) in [6.07, 6.45) is 3.72. The normalized spacial score (nSPS) is 21.3. The zero-order chi connectivity index (χ0) is 31.7. The van der Waals surface area contributed by atoms with Crippen molar-refractivity contribution in [3.63, 3.8) is 0 Å². The highest BCUT2D eigenvalue weighted by Gasteiger charge is 2.64. The lowest BCUT2D eigenvalue weighted by atomic mass is 10.0. The number of rotatable bonds is 7. The van der Waals surface area contributed by atoms with Crippen LogP contribution in [0.4, 0.5) is 10.2 Å². The van der Waals surface area contributed by atoms with E-state index in [1.807, 2.05) is 19.1 Å². The zero-order valence-electron chi connectivity index (χ0n) is 24.9. The molecule has 2 fully saturated rings. The van der Waals surface area contributed by atoms with Gasteiger partial charge in [0, 0.05) is 36.3 Å². The Bertz CT molecular complexity index is 1860. The van der Waals surface area contributed by atoms with Gasteiger partial charge in [-0.2, -0.15) is 5.10 Å². The van der Waals surface area contributed by atoms with Gasteiger partial charge in [0.05, 0.1) is 5.52 Å². The Labute approximate surface area is 261 Å². The van der Waals surface area contributed by atoms with E-state index in [1.165, 1.54) is 17.7 Å². The molecule has 228 valence electrons. The smallest absolute Gasteiger partial charge is 0.248 e. The van der Waals surface area contributed by atoms with Gasteiger partial charge in [-0.25, -0.2) is 19.3 Å². The van der Waals surface area contributed by atoms with Crippen molar-refractivity contribution in [2.75, 3.05) is 5.32 Å². The van der Waals surface area contributed by atoms with Gasteiger partial charge in [0.25, 0.3) is 0 Å². The molecule has 3 aromatic heterocycles. The fraction of sp³-hybridized carbons (Fsp3) is 0.387. The molecule has 0 radical (unpaired) electrons. The predicted octanol–water partition coefficient (Wildman–Crippen LogP) is 4.68. The molecule has 6 rings (SSSR count). The van der Waals surface area contributed by atoms with Crippen molar-refractivity contribution in [2.45, 2.75) is 72.2 Å². The highest BCUT2D eigenvalue weighted by Crippen LogP contribution is 2.59. The van der Waals surface area contributed by atoms with E-state index in [0.717, 1.165) is 17.5 Å². The van der Waals surface area contributed by atoms with Crippen LogP contribution >= 0.6 is 15.9 Å². The molecule has 1 aliphatic heterocycles. The summed E-state index contributed by atoms with van der Waals surface area (Å²) < 4.78 is 15.4. The van der Waals surface area contributed by atoms with E-state index in [1.54, 1.807) is 31.1 Å². The standard InChI is InChI=1S/C31H31BrFN7O4/c1-14-6-18(19-11-34-29(17(4)42)35-12-19)8-20-25(16(3)41)38-39(26(14)20)13-24(43)40-22(9-31(5)10-23(31)40)30(44)37-28-15(2)7-21(33)27(32)36-28/h6-8,11-12,17,22-23,42H,9-10,13H2,1-5H3,(H,36,37,44)/t17-,22-,23+,31-/m0/s1. The fourth-order valence-corrected chi connectivity index (χ4v) is 6.52. The van der Waals surface area contributed by atoms with Crippen LogP contribution in [-0.2, 0) is 16.1 Å². The number of benzene rings is 1. The largest absolute Gasteiger partial charge is 0.385 e. The van der Waals surface area contributed by atoms with Crippen LogP contribution in [-0.4, -0.2) is 64.4 Å². The van der Waals surface area contributed by atoms with Gasteiger partial charge < -0.3 is 15.3 Å². The molecule has 13 heteroatoms. The Hall–Kier alpha value is -4.10. The number of nitrogens with zero attached hydrogens (tertiary/aromatic N) is 6. The molecule has 4 aromatic rings. The summed E-state index contributed by atoms with van der Waals surface area (Å²) in [6, 6.07) is 4.20. The fourth-order valence-electron chi connectivity index (χ4n) is 6.23. The Morgan fingerprint density at radius 2 is 1.84 bits per heavy atom. The predicted molar refractivity (Wildman–Crippen MR) is 163 cm³/mol. The van der Waals surface area contributed by atoms with Gasteiger partial charge in [-0.15, -0.1) is 0 Å². The van der Waals surface area contributed by atoms with Gasteiger partial charge in [0.2, 0.25) is 11.8 Å². The number of carbonyl (C=O) groups excluding carboxylic acids is 3. The SMILES string of the molecule is CC(=O)c1nn(CC(=O)N2[C@H](C(=O)Nc3nc(Br)c(F)cc3C)C[C@@]3(C)C[C@@H]23)c2c(C)cc(-c3cnc([C@H](C)O)nc3)cc12. The third-order valence-corrected chi connectivity index (χ3v) is 9.18. The Balaban J connectivity index is 1.30. The van der Waals surface area contributed by atoms with E-state index < -0.39 is 18.0 Å². The number of aliphatic hydroxyl groups excluding tert-OH is 1. The van der Waals surface area contributed by atoms with Gasteiger partial charge in [-0.3, -0.25) is 19.1 Å². The Morgan fingerprint density at radius 1 is 1.14 bits per heavy atom. The minimum atomic E-state index is -0.797. The lowest BCUT2D eigenvalue weighted by Crippen LogP contribution is -2.47. The molecular formula is C31H31BrFN7O4. The molecule has 0 unspecified atom stereocenters. The van der Waals surface area contributed by atoms with Crippen LogP contribution in [0.1, 0.15) is 67.2 Å². The van der Waals surface area contributed by atoms with E-state index in [0.29, 0.717) is 34.3 Å². The minimum absolute atomic E-state index is 0.0118. The average molecular weight is 665 g/mol. The van der Waals surface area contributed by atoms with Crippen LogP contribution in [0.25, 0.3) is 22.0 Å². The number of pyridine rings is 1. The number of aromatic nitrogens is 5. The molecule has 1 saturated heterocycles. The number of aryl methyl sites for hydroxylation is 2. The molecule has 44 heavy (non-hydrogen) atoms. The van der Waals surface area contributed by atoms with Crippen molar-refractivity contribution in [2.24, 2.45) is 5.41 Å². The second-order valence-corrected chi connectivity index (χ2v) is 12.8. The third kappa shape index (κ3) is 5.17. The van der Waals surface area contributed by atoms with Crippen molar-refractivity contribution in [3.05, 3.63) is 63.7 Å². The van der Waals surface area contributed by atoms with E-state index >= 15 is 0 Å². The molecular weight excluding hydrogens is 633 g/mol. The maximum Gasteiger partial charge on any atom is 0.248 e. The number of hydrogen-bond acceptors (Lipinski definition) is 8. The lowest BCUT2D eigenvalue weighted by Gasteiger charge is -2.27. The number of carbonyl (C=O) groups is 3. The van der Waals surface area contributed by atoms with Crippen molar-refractivity contribution < 1.29 is 23.9 Å². The number of anilines is 1. The first kappa shape index (κ1) is 29.9. The zero-order valence-corrected chi connectivity index (χ0v) is 26.4. The summed E-state index contributed by atoms with van der Waals surface area (Å²) in [5, 5.41) is 17.7. The topological polar surface area (TPSA) is 143 Å². The molecule has 4 heterocycles. The number of Topliss-reactive ketones (excluding diaryl/α,β-unsaturated/α-hetero) is 1. The summed E-state index contributed by atoms with van der Waals surface area (Å²) in [5.41, 5.74) is 3.43. The average Bonchev–Trinajstić information content (AvgIpc) is 3.32. The summed E-state index contributed by atoms with van der Waals surface area (Å²) in [7, 11) is 0. The Morgan fingerprint density at radius 3 is 2.50 bits per heavy atom. The molecule has 2 N–H and O–H groups in total. The first-order valence-corrected chi connectivity index (χ1v) is 15.0. The third-order valence-electron chi connectivity index (χ3n) is 8.62. The molecule has 4 atom stereocenters. The molecule has 11 nitrogen and oxygen atoms in total. The second-order valence-electron chi connectivity index (χ2n) is 12.1. The van der Waals surface area contributed by atoms with E-state index in [4.69, 9.17) is 0 Å². The minimum Gasteiger partial charge on any atom is -0.385 e. The highest BCUT2D eigenvalue weighted by molar-refractivity contribution is 9.10. The summed E-state index contributed by atoms with van der Waals surface area (Å²) in [4.78, 5) is 54.3. The molecule has 2 amide bonds. The van der Waals surface area contributed by atoms with Crippen LogP contribution < -0.4 is 5.32 Å². The summed E-state index contributed by atoms with van der Waals surface area (Å²) in [6.45, 7) is 8.44. The number of nitrogens with one attached hydrogen (secondary N) is 1. The second kappa shape index (κ2) is 10.8. The Kier molecular flexibility index (Phi) is 7.36. The number of amides is 2. The molecule has 1 aliphatic carbocycles. The van der Waals surface area contributed by atoms with Gasteiger partial charge in [0.15, 0.2) is 17.4 Å². The summed E-state index contributed by atoms with van der Waals surface area (Å²) in [5.74, 6) is -0.928. The van der Waals surface area contributed by atoms with Crippen LogP contribution in [0.5, 0.6) is 0 Å². The number of likely N-dealkylation sites (tertiary alicyclic amines) is 1. The first-order chi connectivity index (χ1) is 20.8. The maximum atomic E-state index is 13.9. The van der Waals surface area contributed by atoms with Crippen molar-refractivity contribution in [3.8, 4) is 11.1 Å².